The van der Waals surface area contributed by atoms with E-state index in [1.54, 1.807) is 24.3 Å². The van der Waals surface area contributed by atoms with Gasteiger partial charge < -0.3 is 20.9 Å². The van der Waals surface area contributed by atoms with Crippen molar-refractivity contribution < 1.29 is 27.8 Å². The van der Waals surface area contributed by atoms with Gasteiger partial charge in [0.15, 0.2) is 5.82 Å². The Labute approximate surface area is 192 Å². The molecular weight excluding hydrogens is 453 g/mol. The zero-order valence-corrected chi connectivity index (χ0v) is 18.4. The summed E-state index contributed by atoms with van der Waals surface area (Å²) < 4.78 is 45.7. The molecule has 0 atom stereocenters. The molecule has 4 rings (SSSR count). The standard InChI is InChI=1S/C21H17F3N6O2.CH4O/c1-11-7-9-12(10-8-11)16-26-13-5-3-4-6-14(13)30(16)17-15(27-19(31)21(22,23)24)18(32-2)29-20(25)28-17;1-2/h3-10H,1-2H3,(H,27,31)(H2,25,28,29);2H,1H3. The number of aliphatic hydroxyl groups excluding tert-OH is 1. The lowest BCUT2D eigenvalue weighted by atomic mass is 10.1. The summed E-state index contributed by atoms with van der Waals surface area (Å²) in [4.78, 5) is 24.4. The molecule has 0 bridgehead atoms. The molecule has 1 amide bonds. The molecule has 9 nitrogen and oxygen atoms in total. The second-order valence-corrected chi connectivity index (χ2v) is 6.87. The Bertz CT molecular complexity index is 1320. The number of carbonyl (C=O) groups is 1. The van der Waals surface area contributed by atoms with Crippen molar-refractivity contribution in [3.05, 3.63) is 54.1 Å². The molecule has 4 N–H and O–H groups in total. The molecule has 12 heteroatoms. The number of amides is 1. The van der Waals surface area contributed by atoms with Gasteiger partial charge in [-0.25, -0.2) is 4.98 Å². The monoisotopic (exact) mass is 474 g/mol. The molecule has 2 aromatic heterocycles. The molecule has 0 radical (unpaired) electrons. The molecule has 0 saturated carbocycles. The molecule has 0 unspecified atom stereocenters. The van der Waals surface area contributed by atoms with Gasteiger partial charge >= 0.3 is 12.1 Å². The van der Waals surface area contributed by atoms with Gasteiger partial charge in [0.25, 0.3) is 0 Å². The van der Waals surface area contributed by atoms with E-state index in [0.717, 1.165) is 12.7 Å². The summed E-state index contributed by atoms with van der Waals surface area (Å²) in [5.74, 6) is -2.51. The summed E-state index contributed by atoms with van der Waals surface area (Å²) in [5, 5.41) is 8.82. The summed E-state index contributed by atoms with van der Waals surface area (Å²) in [7, 11) is 2.20. The number of nitrogens with zero attached hydrogens (tertiary/aromatic N) is 4. The van der Waals surface area contributed by atoms with E-state index in [-0.39, 0.29) is 23.3 Å². The Morgan fingerprint density at radius 3 is 2.32 bits per heavy atom. The SMILES string of the molecule is CO.COc1nc(N)nc(-n2c(-c3ccc(C)cc3)nc3ccccc32)c1NC(=O)C(F)(F)F. The minimum atomic E-state index is -5.14. The van der Waals surface area contributed by atoms with Crippen LogP contribution in [0.2, 0.25) is 0 Å². The first-order valence-corrected chi connectivity index (χ1v) is 9.78. The summed E-state index contributed by atoms with van der Waals surface area (Å²) in [6.45, 7) is 1.92. The zero-order chi connectivity index (χ0) is 25.0. The molecule has 4 aromatic rings. The minimum absolute atomic E-state index is 0.115. The summed E-state index contributed by atoms with van der Waals surface area (Å²) in [6, 6.07) is 14.4. The van der Waals surface area contributed by atoms with Crippen LogP contribution < -0.4 is 15.8 Å². The number of nitrogens with two attached hydrogens (primary N) is 1. The maximum absolute atomic E-state index is 13.0. The van der Waals surface area contributed by atoms with E-state index >= 15 is 0 Å². The number of carbonyl (C=O) groups excluding carboxylic acids is 1. The van der Waals surface area contributed by atoms with Crippen molar-refractivity contribution in [2.24, 2.45) is 0 Å². The maximum Gasteiger partial charge on any atom is 0.471 e. The quantitative estimate of drug-likeness (QED) is 0.413. The smallest absolute Gasteiger partial charge is 0.471 e. The highest BCUT2D eigenvalue weighted by Gasteiger charge is 2.40. The number of halogens is 3. The Balaban J connectivity index is 0.00000158. The van der Waals surface area contributed by atoms with Crippen LogP contribution in [0, 0.1) is 6.92 Å². The Morgan fingerprint density at radius 2 is 1.71 bits per heavy atom. The molecule has 34 heavy (non-hydrogen) atoms. The third-order valence-corrected chi connectivity index (χ3v) is 4.65. The van der Waals surface area contributed by atoms with Crippen molar-refractivity contribution in [2.75, 3.05) is 25.3 Å². The molecule has 178 valence electrons. The number of benzene rings is 2. The number of imidazole rings is 1. The predicted octanol–water partition coefficient (Wildman–Crippen LogP) is 3.49. The van der Waals surface area contributed by atoms with Crippen LogP contribution in [0.5, 0.6) is 5.88 Å². The van der Waals surface area contributed by atoms with E-state index in [0.29, 0.717) is 22.4 Å². The van der Waals surface area contributed by atoms with Crippen LogP contribution in [0.1, 0.15) is 5.56 Å². The van der Waals surface area contributed by atoms with E-state index in [1.807, 2.05) is 36.5 Å². The number of hydrogen-bond acceptors (Lipinski definition) is 7. The number of hydrogen-bond donors (Lipinski definition) is 3. The lowest BCUT2D eigenvalue weighted by Gasteiger charge is -2.17. The van der Waals surface area contributed by atoms with Crippen LogP contribution in [0.4, 0.5) is 24.8 Å². The second kappa shape index (κ2) is 9.75. The number of ether oxygens (including phenoxy) is 1. The van der Waals surface area contributed by atoms with Gasteiger partial charge in [-0.15, -0.1) is 0 Å². The number of aromatic nitrogens is 4. The highest BCUT2D eigenvalue weighted by molar-refractivity contribution is 5.98. The van der Waals surface area contributed by atoms with Crippen LogP contribution in [0.3, 0.4) is 0 Å². The lowest BCUT2D eigenvalue weighted by Crippen LogP contribution is -2.31. The van der Waals surface area contributed by atoms with Gasteiger partial charge in [-0.2, -0.15) is 23.1 Å². The molecule has 0 aliphatic carbocycles. The van der Waals surface area contributed by atoms with Crippen molar-refractivity contribution in [1.29, 1.82) is 0 Å². The third-order valence-electron chi connectivity index (χ3n) is 4.65. The molecule has 0 aliphatic rings. The van der Waals surface area contributed by atoms with E-state index in [9.17, 15) is 18.0 Å². The molecule has 0 saturated heterocycles. The number of nitrogen functional groups attached to an aromatic ring is 1. The number of aryl methyl sites for hydroxylation is 1. The fourth-order valence-corrected chi connectivity index (χ4v) is 3.18. The first-order valence-electron chi connectivity index (χ1n) is 9.78. The number of alkyl halides is 3. The van der Waals surface area contributed by atoms with Crippen LogP contribution in [0.15, 0.2) is 48.5 Å². The van der Waals surface area contributed by atoms with E-state index in [2.05, 4.69) is 15.0 Å². The Morgan fingerprint density at radius 1 is 1.06 bits per heavy atom. The van der Waals surface area contributed by atoms with Gasteiger partial charge in [0.2, 0.25) is 11.8 Å². The van der Waals surface area contributed by atoms with Crippen molar-refractivity contribution in [1.82, 2.24) is 19.5 Å². The van der Waals surface area contributed by atoms with Crippen molar-refractivity contribution in [3.63, 3.8) is 0 Å². The van der Waals surface area contributed by atoms with E-state index in [4.69, 9.17) is 15.6 Å². The van der Waals surface area contributed by atoms with Crippen molar-refractivity contribution in [3.8, 4) is 23.1 Å². The second-order valence-electron chi connectivity index (χ2n) is 6.87. The summed E-state index contributed by atoms with van der Waals surface area (Å²) in [5.41, 5.74) is 8.21. The largest absolute Gasteiger partial charge is 0.479 e. The number of rotatable bonds is 4. The molecule has 2 heterocycles. The number of nitrogens with one attached hydrogen (secondary N) is 1. The van der Waals surface area contributed by atoms with Crippen LogP contribution in [0.25, 0.3) is 28.2 Å². The van der Waals surface area contributed by atoms with Gasteiger partial charge in [-0.05, 0) is 19.1 Å². The highest BCUT2D eigenvalue weighted by atomic mass is 19.4. The summed E-state index contributed by atoms with van der Waals surface area (Å²) in [6.07, 6.45) is -5.14. The van der Waals surface area contributed by atoms with Crippen LogP contribution in [-0.4, -0.2) is 50.9 Å². The average Bonchev–Trinajstić information content (AvgIpc) is 3.20. The average molecular weight is 474 g/mol. The van der Waals surface area contributed by atoms with Gasteiger partial charge in [-0.1, -0.05) is 42.0 Å². The maximum atomic E-state index is 13.0. The van der Waals surface area contributed by atoms with Gasteiger partial charge in [-0.3, -0.25) is 9.36 Å². The van der Waals surface area contributed by atoms with Crippen molar-refractivity contribution >= 4 is 28.6 Å². The molecule has 0 fully saturated rings. The predicted molar refractivity (Wildman–Crippen MR) is 121 cm³/mol. The number of fused-ring (bicyclic) bond motifs is 1. The summed E-state index contributed by atoms with van der Waals surface area (Å²) >= 11 is 0. The number of methoxy groups -OCH3 is 1. The number of para-hydroxylation sites is 2. The lowest BCUT2D eigenvalue weighted by molar-refractivity contribution is -0.167. The molecule has 0 aliphatic heterocycles. The zero-order valence-electron chi connectivity index (χ0n) is 18.4. The fraction of sp³-hybridized carbons (Fsp3) is 0.182. The Hall–Kier alpha value is -4.19. The van der Waals surface area contributed by atoms with Gasteiger partial charge in [0, 0.05) is 12.7 Å². The third kappa shape index (κ3) is 4.76. The molecular formula is C22H21F3N6O3. The van der Waals surface area contributed by atoms with E-state index < -0.39 is 12.1 Å². The first-order chi connectivity index (χ1) is 16.2. The van der Waals surface area contributed by atoms with Crippen molar-refractivity contribution in [2.45, 2.75) is 13.1 Å². The normalized spacial score (nSPS) is 11.0. The molecule has 2 aromatic carbocycles. The van der Waals surface area contributed by atoms with Gasteiger partial charge in [0.1, 0.15) is 11.5 Å². The molecule has 0 spiro atoms. The Kier molecular flexibility index (Phi) is 7.01. The highest BCUT2D eigenvalue weighted by Crippen LogP contribution is 2.36. The van der Waals surface area contributed by atoms with E-state index in [1.165, 1.54) is 11.7 Å². The van der Waals surface area contributed by atoms with Crippen LogP contribution >= 0.6 is 0 Å². The topological polar surface area (TPSA) is 128 Å². The fourth-order valence-electron chi connectivity index (χ4n) is 3.18. The number of aliphatic hydroxyl groups is 1. The van der Waals surface area contributed by atoms with Crippen LogP contribution in [-0.2, 0) is 4.79 Å². The number of anilines is 2. The van der Waals surface area contributed by atoms with Gasteiger partial charge in [0.05, 0.1) is 18.1 Å². The minimum Gasteiger partial charge on any atom is -0.479 e. The first kappa shape index (κ1) is 24.5.